The van der Waals surface area contributed by atoms with Crippen LogP contribution in [0.4, 0.5) is 0 Å². The SMILES string of the molecule is c1ccc(-c2ncn(CC3CCOCC3)c2-c2ccnc3ccccc23)cc1. The number of benzene rings is 2. The molecular formula is C24H23N3O. The second-order valence-electron chi connectivity index (χ2n) is 7.39. The summed E-state index contributed by atoms with van der Waals surface area (Å²) in [6.45, 7) is 2.69. The lowest BCUT2D eigenvalue weighted by molar-refractivity contribution is 0.0614. The molecule has 1 saturated heterocycles. The highest BCUT2D eigenvalue weighted by Crippen LogP contribution is 2.36. The molecule has 1 fully saturated rings. The van der Waals surface area contributed by atoms with Gasteiger partial charge >= 0.3 is 0 Å². The Kier molecular flexibility index (Phi) is 4.63. The number of hydrogen-bond acceptors (Lipinski definition) is 3. The normalized spacial score (nSPS) is 15.1. The Bertz CT molecular complexity index is 1080. The fourth-order valence-corrected chi connectivity index (χ4v) is 4.12. The molecule has 0 radical (unpaired) electrons. The van der Waals surface area contributed by atoms with Crippen molar-refractivity contribution in [3.63, 3.8) is 0 Å². The van der Waals surface area contributed by atoms with Crippen molar-refractivity contribution in [3.05, 3.63) is 73.2 Å². The summed E-state index contributed by atoms with van der Waals surface area (Å²) in [5, 5.41) is 1.16. The van der Waals surface area contributed by atoms with E-state index in [1.807, 2.05) is 24.7 Å². The Morgan fingerprint density at radius 2 is 1.68 bits per heavy atom. The molecule has 5 rings (SSSR count). The molecule has 0 unspecified atom stereocenters. The van der Waals surface area contributed by atoms with E-state index in [0.717, 1.165) is 54.8 Å². The van der Waals surface area contributed by atoms with Crippen molar-refractivity contribution in [2.75, 3.05) is 13.2 Å². The molecule has 3 heterocycles. The molecule has 1 aliphatic rings. The van der Waals surface area contributed by atoms with Gasteiger partial charge in [-0.2, -0.15) is 0 Å². The van der Waals surface area contributed by atoms with Crippen LogP contribution in [-0.4, -0.2) is 27.7 Å². The molecule has 2 aromatic carbocycles. The van der Waals surface area contributed by atoms with Crippen molar-refractivity contribution < 1.29 is 4.74 Å². The van der Waals surface area contributed by atoms with Gasteiger partial charge in [0, 0.05) is 42.5 Å². The fraction of sp³-hybridized carbons (Fsp3) is 0.250. The smallest absolute Gasteiger partial charge is 0.0963 e. The van der Waals surface area contributed by atoms with Crippen LogP contribution in [0.15, 0.2) is 73.2 Å². The van der Waals surface area contributed by atoms with E-state index in [9.17, 15) is 0 Å². The molecule has 4 nitrogen and oxygen atoms in total. The minimum Gasteiger partial charge on any atom is -0.381 e. The van der Waals surface area contributed by atoms with Crippen LogP contribution in [0.2, 0.25) is 0 Å². The summed E-state index contributed by atoms with van der Waals surface area (Å²) in [5.74, 6) is 0.624. The van der Waals surface area contributed by atoms with Gasteiger partial charge in [-0.1, -0.05) is 48.5 Å². The molecule has 140 valence electrons. The maximum atomic E-state index is 5.55. The van der Waals surface area contributed by atoms with Gasteiger partial charge in [0.15, 0.2) is 0 Å². The lowest BCUT2D eigenvalue weighted by Crippen LogP contribution is -2.20. The lowest BCUT2D eigenvalue weighted by Gasteiger charge is -2.23. The summed E-state index contributed by atoms with van der Waals surface area (Å²) in [4.78, 5) is 9.40. The number of hydrogen-bond donors (Lipinski definition) is 0. The quantitative estimate of drug-likeness (QED) is 0.497. The van der Waals surface area contributed by atoms with Gasteiger partial charge in [-0.25, -0.2) is 4.98 Å². The zero-order valence-electron chi connectivity index (χ0n) is 15.8. The van der Waals surface area contributed by atoms with Gasteiger partial charge < -0.3 is 9.30 Å². The molecule has 4 heteroatoms. The summed E-state index contributed by atoms with van der Waals surface area (Å²) in [5.41, 5.74) is 5.55. The molecule has 0 spiro atoms. The Balaban J connectivity index is 1.68. The minimum absolute atomic E-state index is 0.624. The van der Waals surface area contributed by atoms with Crippen LogP contribution in [0.1, 0.15) is 12.8 Å². The first-order valence-corrected chi connectivity index (χ1v) is 9.92. The van der Waals surface area contributed by atoms with E-state index < -0.39 is 0 Å². The largest absolute Gasteiger partial charge is 0.381 e. The zero-order valence-corrected chi connectivity index (χ0v) is 15.8. The first-order valence-electron chi connectivity index (χ1n) is 9.92. The van der Waals surface area contributed by atoms with Gasteiger partial charge in [0.1, 0.15) is 0 Å². The van der Waals surface area contributed by atoms with Crippen LogP contribution in [0, 0.1) is 5.92 Å². The van der Waals surface area contributed by atoms with Crippen LogP contribution < -0.4 is 0 Å². The van der Waals surface area contributed by atoms with E-state index in [1.54, 1.807) is 0 Å². The van der Waals surface area contributed by atoms with Crippen molar-refractivity contribution in [2.24, 2.45) is 5.92 Å². The molecule has 4 aromatic rings. The van der Waals surface area contributed by atoms with E-state index >= 15 is 0 Å². The molecule has 0 bridgehead atoms. The van der Waals surface area contributed by atoms with E-state index in [1.165, 1.54) is 11.3 Å². The third-order valence-electron chi connectivity index (χ3n) is 5.58. The third kappa shape index (κ3) is 3.20. The number of aromatic nitrogens is 3. The van der Waals surface area contributed by atoms with Crippen molar-refractivity contribution in [2.45, 2.75) is 19.4 Å². The second-order valence-corrected chi connectivity index (χ2v) is 7.39. The number of imidazole rings is 1. The van der Waals surface area contributed by atoms with Crippen LogP contribution in [0.3, 0.4) is 0 Å². The third-order valence-corrected chi connectivity index (χ3v) is 5.58. The molecule has 1 aliphatic heterocycles. The molecule has 28 heavy (non-hydrogen) atoms. The minimum atomic E-state index is 0.624. The molecule has 0 atom stereocenters. The summed E-state index contributed by atoms with van der Waals surface area (Å²) in [7, 11) is 0. The fourth-order valence-electron chi connectivity index (χ4n) is 4.12. The highest BCUT2D eigenvalue weighted by Gasteiger charge is 2.21. The summed E-state index contributed by atoms with van der Waals surface area (Å²) in [6, 6.07) is 20.9. The van der Waals surface area contributed by atoms with E-state index in [4.69, 9.17) is 9.72 Å². The summed E-state index contributed by atoms with van der Waals surface area (Å²) in [6.07, 6.45) is 6.12. The standard InChI is InChI=1S/C24H23N3O/c1-2-6-19(7-3-1)23-24(21-10-13-25-22-9-5-4-8-20(21)22)27(17-26-23)16-18-11-14-28-15-12-18/h1-10,13,17-18H,11-12,14-16H2. The lowest BCUT2D eigenvalue weighted by atomic mass is 9.98. The predicted octanol–water partition coefficient (Wildman–Crippen LogP) is 5.19. The first kappa shape index (κ1) is 17.1. The van der Waals surface area contributed by atoms with E-state index in [2.05, 4.69) is 58.1 Å². The van der Waals surface area contributed by atoms with Crippen molar-refractivity contribution in [3.8, 4) is 22.5 Å². The number of ether oxygens (including phenoxy) is 1. The average Bonchev–Trinajstić information content (AvgIpc) is 3.18. The number of pyridine rings is 1. The summed E-state index contributed by atoms with van der Waals surface area (Å²) >= 11 is 0. The van der Waals surface area contributed by atoms with Crippen LogP contribution >= 0.6 is 0 Å². The van der Waals surface area contributed by atoms with Gasteiger partial charge in [-0.15, -0.1) is 0 Å². The number of para-hydroxylation sites is 1. The Morgan fingerprint density at radius 1 is 0.893 bits per heavy atom. The van der Waals surface area contributed by atoms with E-state index in [0.29, 0.717) is 5.92 Å². The number of fused-ring (bicyclic) bond motifs is 1. The van der Waals surface area contributed by atoms with Crippen LogP contribution in [0.25, 0.3) is 33.4 Å². The Morgan fingerprint density at radius 3 is 2.54 bits per heavy atom. The van der Waals surface area contributed by atoms with Gasteiger partial charge in [0.25, 0.3) is 0 Å². The van der Waals surface area contributed by atoms with E-state index in [-0.39, 0.29) is 0 Å². The molecule has 0 aliphatic carbocycles. The van der Waals surface area contributed by atoms with Gasteiger partial charge in [-0.05, 0) is 30.9 Å². The zero-order chi connectivity index (χ0) is 18.8. The van der Waals surface area contributed by atoms with Crippen molar-refractivity contribution >= 4 is 10.9 Å². The predicted molar refractivity (Wildman–Crippen MR) is 112 cm³/mol. The van der Waals surface area contributed by atoms with Crippen LogP contribution in [0.5, 0.6) is 0 Å². The molecular weight excluding hydrogens is 346 g/mol. The maximum Gasteiger partial charge on any atom is 0.0963 e. The Hall–Kier alpha value is -2.98. The van der Waals surface area contributed by atoms with Gasteiger partial charge in [-0.3, -0.25) is 4.98 Å². The second kappa shape index (κ2) is 7.56. The maximum absolute atomic E-state index is 5.55. The summed E-state index contributed by atoms with van der Waals surface area (Å²) < 4.78 is 7.88. The number of rotatable bonds is 4. The number of nitrogens with zero attached hydrogens (tertiary/aromatic N) is 3. The van der Waals surface area contributed by atoms with Crippen molar-refractivity contribution in [1.82, 2.24) is 14.5 Å². The Labute approximate surface area is 164 Å². The van der Waals surface area contributed by atoms with Crippen molar-refractivity contribution in [1.29, 1.82) is 0 Å². The monoisotopic (exact) mass is 369 g/mol. The van der Waals surface area contributed by atoms with Gasteiger partial charge in [0.05, 0.1) is 23.2 Å². The topological polar surface area (TPSA) is 39.9 Å². The highest BCUT2D eigenvalue weighted by molar-refractivity contribution is 5.96. The van der Waals surface area contributed by atoms with Gasteiger partial charge in [0.2, 0.25) is 0 Å². The highest BCUT2D eigenvalue weighted by atomic mass is 16.5. The molecule has 2 aromatic heterocycles. The first-order chi connectivity index (χ1) is 13.9. The van der Waals surface area contributed by atoms with Crippen LogP contribution in [-0.2, 0) is 11.3 Å². The molecule has 0 saturated carbocycles. The molecule has 0 N–H and O–H groups in total. The average molecular weight is 369 g/mol. The molecule has 0 amide bonds.